The van der Waals surface area contributed by atoms with E-state index in [1.54, 1.807) is 102 Å². The minimum absolute atomic E-state index is 0. The van der Waals surface area contributed by atoms with Crippen LogP contribution in [-0.2, 0) is 48.8 Å². The van der Waals surface area contributed by atoms with Crippen LogP contribution >= 0.6 is 24.8 Å². The van der Waals surface area contributed by atoms with Crippen LogP contribution < -0.4 is 49.7 Å². The molecule has 2 aliphatic heterocycles. The van der Waals surface area contributed by atoms with E-state index in [1.807, 2.05) is 30.3 Å². The quantitative estimate of drug-likeness (QED) is 0.0502. The second-order valence-electron chi connectivity index (χ2n) is 23.7. The third kappa shape index (κ3) is 15.1. The fourth-order valence-electron chi connectivity index (χ4n) is 10.9. The molecule has 4 saturated carbocycles. The fraction of sp³-hybridized carbons (Fsp3) is 0.443. The Morgan fingerprint density at radius 1 is 0.685 bits per heavy atom. The van der Waals surface area contributed by atoms with Gasteiger partial charge in [-0.2, -0.15) is 0 Å². The van der Waals surface area contributed by atoms with Gasteiger partial charge in [0.15, 0.2) is 0 Å². The van der Waals surface area contributed by atoms with E-state index in [2.05, 4.69) is 53.8 Å². The molecule has 0 unspecified atom stereocenters. The number of ether oxygens (including phenoxy) is 5. The highest BCUT2D eigenvalue weighted by Gasteiger charge is 2.63. The van der Waals surface area contributed by atoms with E-state index < -0.39 is 107 Å². The molecule has 24 nitrogen and oxygen atoms in total. The lowest BCUT2D eigenvalue weighted by atomic mass is 10.0. The van der Waals surface area contributed by atoms with E-state index >= 15 is 0 Å². The zero-order valence-corrected chi connectivity index (χ0v) is 52.9. The Balaban J connectivity index is 0.000000241. The molecule has 6 aliphatic rings. The van der Waals surface area contributed by atoms with Crippen molar-refractivity contribution in [1.82, 2.24) is 45.6 Å². The molecule has 2 saturated heterocycles. The molecule has 3 aromatic carbocycles. The number of fused-ring (bicyclic) bond motifs is 2. The topological polar surface area (TPSA) is 318 Å². The number of aromatic nitrogens is 2. The van der Waals surface area contributed by atoms with Crippen molar-refractivity contribution in [3.63, 3.8) is 0 Å². The minimum Gasteiger partial charge on any atom is -0.497 e. The Kier molecular flexibility index (Phi) is 20.2. The number of nitrogens with zero attached hydrogens (tertiary/aromatic N) is 3. The molecule has 6 fully saturated rings. The van der Waals surface area contributed by atoms with E-state index in [-0.39, 0.29) is 68.0 Å². The van der Waals surface area contributed by atoms with Crippen molar-refractivity contribution < 1.29 is 69.3 Å². The van der Waals surface area contributed by atoms with Crippen molar-refractivity contribution in [2.45, 2.75) is 130 Å². The van der Waals surface area contributed by atoms with Gasteiger partial charge in [-0.05, 0) is 124 Å². The normalized spacial score (nSPS) is 24.5. The largest absolute Gasteiger partial charge is 0.497 e. The summed E-state index contributed by atoms with van der Waals surface area (Å²) in [5.41, 5.74) is -3.27. The third-order valence-corrected chi connectivity index (χ3v) is 19.9. The van der Waals surface area contributed by atoms with Crippen LogP contribution in [0.15, 0.2) is 117 Å². The Morgan fingerprint density at radius 2 is 1.18 bits per heavy atom. The smallest absolute Gasteiger partial charge is 0.408 e. The molecular formula is C61H73Cl2N9O15S2. The molecule has 89 heavy (non-hydrogen) atoms. The van der Waals surface area contributed by atoms with Crippen molar-refractivity contribution in [3.05, 3.63) is 122 Å². The summed E-state index contributed by atoms with van der Waals surface area (Å²) in [5.74, 6) is -2.00. The number of hydrogen-bond donors (Lipinski definition) is 6. The number of likely N-dealkylation sites (tertiary alicyclic amines) is 1. The number of hydrogen-bond acceptors (Lipinski definition) is 18. The highest BCUT2D eigenvalue weighted by atomic mass is 35.5. The zero-order chi connectivity index (χ0) is 62.2. The van der Waals surface area contributed by atoms with Crippen LogP contribution in [0, 0.1) is 11.8 Å². The van der Waals surface area contributed by atoms with Gasteiger partial charge < -0.3 is 49.9 Å². The van der Waals surface area contributed by atoms with Crippen LogP contribution in [0.1, 0.15) is 83.7 Å². The maximum absolute atomic E-state index is 14.6. The van der Waals surface area contributed by atoms with Gasteiger partial charge in [0.05, 0.1) is 37.3 Å². The molecule has 11 rings (SSSR count). The van der Waals surface area contributed by atoms with Crippen molar-refractivity contribution in [2.24, 2.45) is 11.8 Å². The highest BCUT2D eigenvalue weighted by molar-refractivity contribution is 7.91. The van der Waals surface area contributed by atoms with Crippen LogP contribution in [-0.4, -0.2) is 146 Å². The van der Waals surface area contributed by atoms with Gasteiger partial charge in [-0.1, -0.05) is 42.5 Å². The standard InChI is InChI=1S/C37H43N5O9S.C24H28N4O6S.2ClH/c1-6-24-20-37(24,34(45)41-52(47,48)27-13-14-27)40-31(43)29-19-26(50-32-28-15-12-25(49-5)18-23(28)16-17-38-32)21-42(29)33(44)30(22-10-8-7-9-11-22)39-35(46)51-36(2,3)4;1-3-15-12-24(15,23(30)28-35(31,32)18-5-6-18)27-21(29)20-11-17(13-26-20)34-22-19-7-4-16(33-2)10-14(19)8-9-25-22;;/h6-12,15-18,24,26-27,29-30H,1,13-14,19-21H2,2-5H3,(H,39,46)(H,40,43)(H,41,45);3-4,7-10,15,17-18,20,26H,1,5-6,11-13H2,2H3,(H,27,29)(H,28,30);2*1H/t24-,26-,29+,30+,37-;15-,17-,20+,24-;;/m11../s1. The molecule has 9 atom stereocenters. The van der Waals surface area contributed by atoms with Gasteiger partial charge >= 0.3 is 6.09 Å². The number of carbonyl (C=O) groups is 6. The first-order valence-corrected chi connectivity index (χ1v) is 31.8. The van der Waals surface area contributed by atoms with Crippen molar-refractivity contribution >= 4 is 102 Å². The molecule has 4 aliphatic carbocycles. The summed E-state index contributed by atoms with van der Waals surface area (Å²) in [6.07, 6.45) is 7.20. The molecule has 6 amide bonds. The summed E-state index contributed by atoms with van der Waals surface area (Å²) in [6.45, 7) is 12.9. The van der Waals surface area contributed by atoms with E-state index in [0.29, 0.717) is 67.6 Å². The molecule has 478 valence electrons. The van der Waals surface area contributed by atoms with Crippen molar-refractivity contribution in [3.8, 4) is 23.3 Å². The van der Waals surface area contributed by atoms with Gasteiger partial charge in [0, 0.05) is 54.4 Å². The van der Waals surface area contributed by atoms with Gasteiger partial charge in [-0.15, -0.1) is 38.0 Å². The lowest BCUT2D eigenvalue weighted by molar-refractivity contribution is -0.141. The molecule has 2 aromatic heterocycles. The Bertz CT molecular complexity index is 3780. The highest BCUT2D eigenvalue weighted by Crippen LogP contribution is 2.47. The van der Waals surface area contributed by atoms with Gasteiger partial charge in [0.1, 0.15) is 52.5 Å². The second kappa shape index (κ2) is 26.7. The van der Waals surface area contributed by atoms with E-state index in [1.165, 1.54) is 11.0 Å². The molecule has 0 spiro atoms. The minimum atomic E-state index is -3.91. The second-order valence-corrected chi connectivity index (χ2v) is 27.6. The van der Waals surface area contributed by atoms with Gasteiger partial charge in [0.2, 0.25) is 43.6 Å². The SMILES string of the molecule is C=C[C@@H]1C[C@]1(NC(=O)[C@@H]1C[C@@H](Oc2nccc3cc(OC)ccc23)CN1)C(=O)NS(=O)(=O)C1CC1.C=C[C@@H]1C[C@]1(NC(=O)[C@@H]1C[C@@H](Oc2nccc3cc(OC)ccc23)CN1C(=O)[C@@H](NC(=O)OC(C)(C)C)c1ccccc1)C(=O)NS(=O)(=O)C1CC1.Cl.Cl. The summed E-state index contributed by atoms with van der Waals surface area (Å²) >= 11 is 0. The average Bonchev–Trinajstić information content (AvgIpc) is 1.59. The maximum atomic E-state index is 14.6. The number of sulfonamides is 2. The number of carbonyl (C=O) groups excluding carboxylic acids is 6. The fourth-order valence-corrected chi connectivity index (χ4v) is 13.7. The summed E-state index contributed by atoms with van der Waals surface area (Å²) in [6, 6.07) is 20.2. The number of benzene rings is 3. The number of halogens is 2. The number of alkyl carbamates (subject to hydrolysis) is 1. The summed E-state index contributed by atoms with van der Waals surface area (Å²) in [5, 5.41) is 13.4. The molecule has 0 radical (unpaired) electrons. The Labute approximate surface area is 528 Å². The van der Waals surface area contributed by atoms with Crippen LogP contribution in [0.5, 0.6) is 23.3 Å². The lowest BCUT2D eigenvalue weighted by Crippen LogP contribution is -2.57. The van der Waals surface area contributed by atoms with Crippen LogP contribution in [0.25, 0.3) is 21.5 Å². The molecule has 4 heterocycles. The first kappa shape index (κ1) is 67.2. The van der Waals surface area contributed by atoms with Gasteiger partial charge in [-0.3, -0.25) is 33.4 Å². The van der Waals surface area contributed by atoms with E-state index in [4.69, 9.17) is 23.7 Å². The van der Waals surface area contributed by atoms with Crippen LogP contribution in [0.2, 0.25) is 0 Å². The monoisotopic (exact) mass is 1310 g/mol. The predicted molar refractivity (Wildman–Crippen MR) is 334 cm³/mol. The van der Waals surface area contributed by atoms with Gasteiger partial charge in [-0.25, -0.2) is 31.6 Å². The first-order valence-electron chi connectivity index (χ1n) is 28.7. The number of methoxy groups -OCH3 is 2. The van der Waals surface area contributed by atoms with E-state index in [0.717, 1.165) is 21.9 Å². The number of amides is 6. The summed E-state index contributed by atoms with van der Waals surface area (Å²) < 4.78 is 82.8. The van der Waals surface area contributed by atoms with Crippen LogP contribution in [0.3, 0.4) is 0 Å². The molecular weight excluding hydrogens is 1230 g/mol. The zero-order valence-electron chi connectivity index (χ0n) is 49.6. The third-order valence-electron chi connectivity index (χ3n) is 16.2. The molecule has 5 aromatic rings. The number of pyridine rings is 2. The lowest BCUT2D eigenvalue weighted by Gasteiger charge is -2.30. The average molecular weight is 1310 g/mol. The summed E-state index contributed by atoms with van der Waals surface area (Å²) in [7, 11) is -4.46. The Morgan fingerprint density at radius 3 is 1.64 bits per heavy atom. The first-order chi connectivity index (χ1) is 41.4. The number of nitrogens with one attached hydrogen (secondary N) is 6. The van der Waals surface area contributed by atoms with E-state index in [9.17, 15) is 45.6 Å². The maximum Gasteiger partial charge on any atom is 0.408 e. The summed E-state index contributed by atoms with van der Waals surface area (Å²) in [4.78, 5) is 91.3. The Hall–Kier alpha value is -7.78. The predicted octanol–water partition coefficient (Wildman–Crippen LogP) is 5.39. The molecule has 0 bridgehead atoms. The van der Waals surface area contributed by atoms with Crippen molar-refractivity contribution in [2.75, 3.05) is 27.3 Å². The number of rotatable bonds is 21. The van der Waals surface area contributed by atoms with Crippen LogP contribution in [0.4, 0.5) is 4.79 Å². The molecule has 6 N–H and O–H groups in total. The molecule has 28 heteroatoms. The van der Waals surface area contributed by atoms with Gasteiger partial charge in [0.25, 0.3) is 17.7 Å². The van der Waals surface area contributed by atoms with Crippen molar-refractivity contribution in [1.29, 1.82) is 0 Å².